The van der Waals surface area contributed by atoms with E-state index >= 15 is 0 Å². The molecule has 3 aromatic rings. The van der Waals surface area contributed by atoms with Crippen LogP contribution in [0.5, 0.6) is 5.75 Å². The van der Waals surface area contributed by atoms with Crippen molar-refractivity contribution < 1.29 is 19.1 Å². The van der Waals surface area contributed by atoms with Gasteiger partial charge in [0.15, 0.2) is 5.78 Å². The fraction of sp³-hybridized carbons (Fsp3) is 0.300. The molecule has 0 radical (unpaired) electrons. The van der Waals surface area contributed by atoms with Crippen molar-refractivity contribution in [3.63, 3.8) is 0 Å². The minimum Gasteiger partial charge on any atom is -0.494 e. The molecule has 28 heavy (non-hydrogen) atoms. The van der Waals surface area contributed by atoms with Gasteiger partial charge in [-0.2, -0.15) is 0 Å². The van der Waals surface area contributed by atoms with Crippen LogP contribution in [0.25, 0.3) is 10.2 Å². The summed E-state index contributed by atoms with van der Waals surface area (Å²) in [6.45, 7) is 2.50. The zero-order valence-corrected chi connectivity index (χ0v) is 16.2. The first kappa shape index (κ1) is 19.8. The number of ether oxygens (including phenoxy) is 2. The third kappa shape index (κ3) is 5.04. The minimum atomic E-state index is -0.524. The van der Waals surface area contributed by atoms with Gasteiger partial charge >= 0.3 is 5.97 Å². The summed E-state index contributed by atoms with van der Waals surface area (Å²) in [5.41, 5.74) is 0.833. The summed E-state index contributed by atoms with van der Waals surface area (Å²) in [7, 11) is 0. The van der Waals surface area contributed by atoms with Crippen LogP contribution in [-0.2, 0) is 16.1 Å². The van der Waals surface area contributed by atoms with E-state index < -0.39 is 5.97 Å². The normalized spacial score (nSPS) is 10.8. The lowest BCUT2D eigenvalue weighted by Crippen LogP contribution is -2.14. The molecule has 0 fully saturated rings. The predicted octanol–water partition coefficient (Wildman–Crippen LogP) is 3.48. The van der Waals surface area contributed by atoms with Crippen LogP contribution in [0.4, 0.5) is 0 Å². The number of hydrogen-bond donors (Lipinski definition) is 1. The molecule has 0 atom stereocenters. The number of benzene rings is 1. The van der Waals surface area contributed by atoms with E-state index in [1.54, 1.807) is 35.7 Å². The Bertz CT molecular complexity index is 1020. The molecule has 0 aliphatic carbocycles. The third-order valence-corrected chi connectivity index (χ3v) is 4.84. The first-order chi connectivity index (χ1) is 13.6. The lowest BCUT2D eigenvalue weighted by molar-refractivity contribution is -0.145. The van der Waals surface area contributed by atoms with Gasteiger partial charge in [-0.05, 0) is 42.1 Å². The average molecular weight is 400 g/mol. The van der Waals surface area contributed by atoms with E-state index in [0.717, 1.165) is 6.42 Å². The van der Waals surface area contributed by atoms with Gasteiger partial charge in [0.25, 0.3) is 5.56 Å². The third-order valence-electron chi connectivity index (χ3n) is 3.94. The zero-order chi connectivity index (χ0) is 19.9. The Balaban J connectivity index is 1.48. The summed E-state index contributed by atoms with van der Waals surface area (Å²) < 4.78 is 11.1. The van der Waals surface area contributed by atoms with E-state index in [1.807, 2.05) is 6.92 Å². The Morgan fingerprint density at radius 1 is 1.14 bits per heavy atom. The van der Waals surface area contributed by atoms with E-state index in [0.29, 0.717) is 28.1 Å². The van der Waals surface area contributed by atoms with E-state index in [1.165, 1.54) is 11.3 Å². The number of hydrogen-bond acceptors (Lipinski definition) is 7. The highest BCUT2D eigenvalue weighted by molar-refractivity contribution is 7.17. The van der Waals surface area contributed by atoms with E-state index in [2.05, 4.69) is 9.97 Å². The fourth-order valence-electron chi connectivity index (χ4n) is 2.53. The Labute approximate surface area is 165 Å². The highest BCUT2D eigenvalue weighted by Crippen LogP contribution is 2.15. The van der Waals surface area contributed by atoms with Crippen molar-refractivity contribution in [1.82, 2.24) is 9.97 Å². The summed E-state index contributed by atoms with van der Waals surface area (Å²) >= 11 is 1.30. The van der Waals surface area contributed by atoms with E-state index in [9.17, 15) is 14.4 Å². The molecule has 2 aromatic heterocycles. The first-order valence-corrected chi connectivity index (χ1v) is 9.83. The largest absolute Gasteiger partial charge is 0.494 e. The summed E-state index contributed by atoms with van der Waals surface area (Å²) in [4.78, 5) is 42.8. The van der Waals surface area contributed by atoms with Crippen molar-refractivity contribution in [2.24, 2.45) is 0 Å². The maximum absolute atomic E-state index is 12.2. The van der Waals surface area contributed by atoms with Gasteiger partial charge in [-0.3, -0.25) is 14.4 Å². The van der Waals surface area contributed by atoms with Crippen LogP contribution in [0.3, 0.4) is 0 Å². The minimum absolute atomic E-state index is 0.0432. The zero-order valence-electron chi connectivity index (χ0n) is 15.4. The molecule has 0 amide bonds. The number of esters is 1. The van der Waals surface area contributed by atoms with Gasteiger partial charge in [0, 0.05) is 12.0 Å². The molecule has 0 bridgehead atoms. The molecule has 3 rings (SSSR count). The number of aromatic amines is 1. The Hall–Kier alpha value is -3.00. The van der Waals surface area contributed by atoms with Crippen molar-refractivity contribution in [3.05, 3.63) is 57.5 Å². The number of nitrogens with zero attached hydrogens (tertiary/aromatic N) is 1. The Morgan fingerprint density at radius 3 is 2.68 bits per heavy atom. The number of carbonyl (C=O) groups is 2. The van der Waals surface area contributed by atoms with Gasteiger partial charge in [0.05, 0.1) is 18.5 Å². The van der Waals surface area contributed by atoms with Crippen molar-refractivity contribution in [2.45, 2.75) is 32.8 Å². The average Bonchev–Trinajstić information content (AvgIpc) is 3.18. The molecule has 0 aliphatic rings. The van der Waals surface area contributed by atoms with Gasteiger partial charge in [-0.15, -0.1) is 11.3 Å². The second-order valence-electron chi connectivity index (χ2n) is 6.10. The van der Waals surface area contributed by atoms with Gasteiger partial charge in [-0.1, -0.05) is 6.92 Å². The van der Waals surface area contributed by atoms with Crippen molar-refractivity contribution in [2.75, 3.05) is 6.61 Å². The lowest BCUT2D eigenvalue weighted by Gasteiger charge is -2.06. The summed E-state index contributed by atoms with van der Waals surface area (Å²) in [5, 5.41) is 1.77. The molecule has 8 heteroatoms. The fourth-order valence-corrected chi connectivity index (χ4v) is 3.25. The topological polar surface area (TPSA) is 98.3 Å². The number of nitrogens with one attached hydrogen (secondary N) is 1. The second kappa shape index (κ2) is 9.27. The van der Waals surface area contributed by atoms with Crippen LogP contribution in [0, 0.1) is 0 Å². The molecule has 2 heterocycles. The van der Waals surface area contributed by atoms with Crippen LogP contribution in [0.15, 0.2) is 40.5 Å². The monoisotopic (exact) mass is 400 g/mol. The number of carbonyl (C=O) groups excluding carboxylic acids is 2. The van der Waals surface area contributed by atoms with Crippen LogP contribution in [0.1, 0.15) is 42.4 Å². The number of rotatable bonds is 9. The molecule has 0 spiro atoms. The van der Waals surface area contributed by atoms with Gasteiger partial charge in [0.1, 0.15) is 22.9 Å². The molecule has 1 aromatic carbocycles. The van der Waals surface area contributed by atoms with Gasteiger partial charge in [0.2, 0.25) is 0 Å². The number of thiophene rings is 1. The molecule has 0 unspecified atom stereocenters. The Kier molecular flexibility index (Phi) is 6.54. The lowest BCUT2D eigenvalue weighted by atomic mass is 10.1. The van der Waals surface area contributed by atoms with Gasteiger partial charge < -0.3 is 14.5 Å². The summed E-state index contributed by atoms with van der Waals surface area (Å²) in [6, 6.07) is 8.58. The van der Waals surface area contributed by atoms with Crippen LogP contribution >= 0.6 is 11.3 Å². The van der Waals surface area contributed by atoms with E-state index in [4.69, 9.17) is 9.47 Å². The molecule has 0 saturated carbocycles. The van der Waals surface area contributed by atoms with Crippen LogP contribution in [0.2, 0.25) is 0 Å². The predicted molar refractivity (Wildman–Crippen MR) is 106 cm³/mol. The maximum atomic E-state index is 12.2. The number of aromatic nitrogens is 2. The number of fused-ring (bicyclic) bond motifs is 1. The molecular weight excluding hydrogens is 380 g/mol. The molecular formula is C20H20N2O5S. The summed E-state index contributed by atoms with van der Waals surface area (Å²) in [6.07, 6.45) is 0.909. The molecule has 146 valence electrons. The highest BCUT2D eigenvalue weighted by Gasteiger charge is 2.12. The highest BCUT2D eigenvalue weighted by atomic mass is 32.1. The second-order valence-corrected chi connectivity index (χ2v) is 7.02. The molecule has 1 N–H and O–H groups in total. The maximum Gasteiger partial charge on any atom is 0.306 e. The molecule has 0 aliphatic heterocycles. The van der Waals surface area contributed by atoms with E-state index in [-0.39, 0.29) is 36.6 Å². The van der Waals surface area contributed by atoms with Crippen molar-refractivity contribution >= 4 is 33.3 Å². The standard InChI is InChI=1S/C20H20N2O5S/c1-2-10-26-14-5-3-13(4-6-14)16(23)7-8-18(24)27-12-17-21-15-9-11-28-19(15)20(25)22-17/h3-6,9,11H,2,7-8,10,12H2,1H3,(H,21,22,25). The summed E-state index contributed by atoms with van der Waals surface area (Å²) in [5.74, 6) is 0.315. The number of Topliss-reactive ketones (excluding diaryl/α,β-unsaturated/α-hetero) is 1. The van der Waals surface area contributed by atoms with Gasteiger partial charge in [-0.25, -0.2) is 4.98 Å². The smallest absolute Gasteiger partial charge is 0.306 e. The SMILES string of the molecule is CCCOc1ccc(C(=O)CCC(=O)OCc2nc3ccsc3c(=O)[nH]2)cc1. The molecule has 0 saturated heterocycles. The number of H-pyrrole nitrogens is 1. The van der Waals surface area contributed by atoms with Crippen LogP contribution < -0.4 is 10.3 Å². The first-order valence-electron chi connectivity index (χ1n) is 8.95. The quantitative estimate of drug-likeness (QED) is 0.436. The van der Waals surface area contributed by atoms with Crippen molar-refractivity contribution in [1.29, 1.82) is 0 Å². The molecule has 7 nitrogen and oxygen atoms in total. The van der Waals surface area contributed by atoms with Crippen molar-refractivity contribution in [3.8, 4) is 5.75 Å². The number of ketones is 1. The van der Waals surface area contributed by atoms with Crippen LogP contribution in [-0.4, -0.2) is 28.3 Å². The Morgan fingerprint density at radius 2 is 1.93 bits per heavy atom.